The number of benzene rings is 1. The van der Waals surface area contributed by atoms with Crippen LogP contribution in [0.1, 0.15) is 39.5 Å². The number of hydrogen-bond acceptors (Lipinski definition) is 3. The summed E-state index contributed by atoms with van der Waals surface area (Å²) >= 11 is 1.67. The van der Waals surface area contributed by atoms with Gasteiger partial charge in [0.25, 0.3) is 0 Å². The fourth-order valence-electron chi connectivity index (χ4n) is 2.00. The van der Waals surface area contributed by atoms with Crippen LogP contribution in [0.2, 0.25) is 0 Å². The monoisotopic (exact) mass is 305 g/mol. The van der Waals surface area contributed by atoms with Crippen LogP contribution in [-0.4, -0.2) is 28.4 Å². The first-order valence-corrected chi connectivity index (χ1v) is 8.14. The average Bonchev–Trinajstić information content (AvgIpc) is 2.86. The summed E-state index contributed by atoms with van der Waals surface area (Å²) in [5, 5.41) is 1.07. The Kier molecular flexibility index (Phi) is 4.67. The van der Waals surface area contributed by atoms with E-state index in [9.17, 15) is 4.79 Å². The Bertz CT molecular complexity index is 594. The molecule has 1 amide bonds. The molecule has 0 saturated carbocycles. The molecule has 3 nitrogen and oxygen atoms in total. The van der Waals surface area contributed by atoms with Gasteiger partial charge in [-0.2, -0.15) is 0 Å². The molecule has 1 unspecified atom stereocenters. The van der Waals surface area contributed by atoms with E-state index in [1.807, 2.05) is 44.3 Å². The molecule has 1 aromatic carbocycles. The predicted molar refractivity (Wildman–Crippen MR) is 89.6 cm³/mol. The Morgan fingerprint density at radius 3 is 2.62 bits per heavy atom. The smallest absolute Gasteiger partial charge is 0.232 e. The second-order valence-corrected chi connectivity index (χ2v) is 8.07. The summed E-state index contributed by atoms with van der Waals surface area (Å²) in [4.78, 5) is 14.0. The number of carbonyl (C=O) groups excluding carboxylic acids is 1. The molecule has 0 aliphatic rings. The molecule has 0 bridgehead atoms. The summed E-state index contributed by atoms with van der Waals surface area (Å²) in [6.07, 6.45) is 0. The van der Waals surface area contributed by atoms with Crippen LogP contribution >= 0.6 is 11.8 Å². The van der Waals surface area contributed by atoms with Crippen LogP contribution in [-0.2, 0) is 4.79 Å². The van der Waals surface area contributed by atoms with E-state index in [2.05, 4.69) is 20.8 Å². The van der Waals surface area contributed by atoms with Crippen molar-refractivity contribution in [2.75, 3.05) is 12.8 Å². The average molecular weight is 305 g/mol. The summed E-state index contributed by atoms with van der Waals surface area (Å²) in [5.41, 5.74) is 0.865. The van der Waals surface area contributed by atoms with Crippen molar-refractivity contribution in [3.05, 3.63) is 36.1 Å². The number of furan rings is 1. The summed E-state index contributed by atoms with van der Waals surface area (Å²) < 4.78 is 5.94. The van der Waals surface area contributed by atoms with E-state index in [0.29, 0.717) is 5.75 Å². The number of carbonyl (C=O) groups is 1. The molecule has 2 aromatic rings. The maximum absolute atomic E-state index is 12.3. The van der Waals surface area contributed by atoms with Gasteiger partial charge in [-0.25, -0.2) is 0 Å². The van der Waals surface area contributed by atoms with E-state index < -0.39 is 0 Å². The Labute approximate surface area is 130 Å². The molecule has 0 aliphatic heterocycles. The number of amides is 1. The largest absolute Gasteiger partial charge is 0.459 e. The first-order chi connectivity index (χ1) is 9.78. The third-order valence-electron chi connectivity index (χ3n) is 3.46. The maximum atomic E-state index is 12.3. The van der Waals surface area contributed by atoms with Crippen molar-refractivity contribution >= 4 is 28.6 Å². The van der Waals surface area contributed by atoms with Crippen LogP contribution < -0.4 is 0 Å². The van der Waals surface area contributed by atoms with Gasteiger partial charge in [0.1, 0.15) is 11.3 Å². The zero-order valence-electron chi connectivity index (χ0n) is 13.3. The van der Waals surface area contributed by atoms with Crippen molar-refractivity contribution in [3.8, 4) is 0 Å². The van der Waals surface area contributed by atoms with Crippen LogP contribution in [0.3, 0.4) is 0 Å². The third kappa shape index (κ3) is 4.03. The van der Waals surface area contributed by atoms with Gasteiger partial charge in [-0.15, -0.1) is 11.8 Å². The van der Waals surface area contributed by atoms with E-state index in [4.69, 9.17) is 4.42 Å². The van der Waals surface area contributed by atoms with Crippen LogP contribution in [0.5, 0.6) is 0 Å². The molecule has 0 fully saturated rings. The highest BCUT2D eigenvalue weighted by atomic mass is 32.2. The SMILES string of the molecule is CC(c1cc2ccccc2o1)N(C)C(=O)CSC(C)(C)C. The van der Waals surface area contributed by atoms with Crippen molar-refractivity contribution < 1.29 is 9.21 Å². The lowest BCUT2D eigenvalue weighted by molar-refractivity contribution is -0.129. The lowest BCUT2D eigenvalue weighted by Gasteiger charge is -2.25. The molecule has 21 heavy (non-hydrogen) atoms. The lowest BCUT2D eigenvalue weighted by Crippen LogP contribution is -2.32. The molecule has 0 N–H and O–H groups in total. The standard InChI is InChI=1S/C17H23NO2S/c1-12(18(5)16(19)11-21-17(2,3)4)15-10-13-8-6-7-9-14(13)20-15/h6-10,12H,11H2,1-5H3. The van der Waals surface area contributed by atoms with Gasteiger partial charge in [-0.05, 0) is 19.1 Å². The number of hydrogen-bond donors (Lipinski definition) is 0. The lowest BCUT2D eigenvalue weighted by atomic mass is 10.2. The van der Waals surface area contributed by atoms with Gasteiger partial charge >= 0.3 is 0 Å². The Hall–Kier alpha value is -1.42. The fraction of sp³-hybridized carbons (Fsp3) is 0.471. The molecule has 0 aliphatic carbocycles. The molecule has 4 heteroatoms. The highest BCUT2D eigenvalue weighted by Crippen LogP contribution is 2.28. The first-order valence-electron chi connectivity index (χ1n) is 7.16. The van der Waals surface area contributed by atoms with Gasteiger partial charge in [0, 0.05) is 17.2 Å². The molecule has 1 heterocycles. The van der Waals surface area contributed by atoms with E-state index in [1.165, 1.54) is 0 Å². The minimum Gasteiger partial charge on any atom is -0.459 e. The minimum absolute atomic E-state index is 0.0644. The van der Waals surface area contributed by atoms with Gasteiger partial charge in [0.15, 0.2) is 0 Å². The van der Waals surface area contributed by atoms with E-state index >= 15 is 0 Å². The number of rotatable bonds is 4. The van der Waals surface area contributed by atoms with Crippen molar-refractivity contribution in [1.82, 2.24) is 4.90 Å². The minimum atomic E-state index is -0.0644. The van der Waals surface area contributed by atoms with Crippen molar-refractivity contribution in [1.29, 1.82) is 0 Å². The van der Waals surface area contributed by atoms with Gasteiger partial charge in [0.2, 0.25) is 5.91 Å². The van der Waals surface area contributed by atoms with Crippen LogP contribution in [0, 0.1) is 0 Å². The van der Waals surface area contributed by atoms with E-state index in [1.54, 1.807) is 16.7 Å². The Morgan fingerprint density at radius 1 is 1.33 bits per heavy atom. The molecule has 0 spiro atoms. The number of para-hydroxylation sites is 1. The summed E-state index contributed by atoms with van der Waals surface area (Å²) in [6.45, 7) is 8.35. The van der Waals surface area contributed by atoms with E-state index in [-0.39, 0.29) is 16.7 Å². The number of fused-ring (bicyclic) bond motifs is 1. The fourth-order valence-corrected chi connectivity index (χ4v) is 2.76. The second kappa shape index (κ2) is 6.14. The molecular weight excluding hydrogens is 282 g/mol. The highest BCUT2D eigenvalue weighted by molar-refractivity contribution is 8.01. The number of nitrogens with zero attached hydrogens (tertiary/aromatic N) is 1. The van der Waals surface area contributed by atoms with Gasteiger partial charge < -0.3 is 9.32 Å². The van der Waals surface area contributed by atoms with Crippen LogP contribution in [0.25, 0.3) is 11.0 Å². The second-order valence-electron chi connectivity index (χ2n) is 6.27. The first kappa shape index (κ1) is 16.0. The van der Waals surface area contributed by atoms with Gasteiger partial charge in [0.05, 0.1) is 11.8 Å². The zero-order chi connectivity index (χ0) is 15.6. The van der Waals surface area contributed by atoms with Crippen LogP contribution in [0.15, 0.2) is 34.7 Å². The van der Waals surface area contributed by atoms with Gasteiger partial charge in [-0.1, -0.05) is 39.0 Å². The molecular formula is C17H23NO2S. The van der Waals surface area contributed by atoms with E-state index in [0.717, 1.165) is 16.7 Å². The maximum Gasteiger partial charge on any atom is 0.232 e. The normalized spacial score (nSPS) is 13.4. The number of thioether (sulfide) groups is 1. The highest BCUT2D eigenvalue weighted by Gasteiger charge is 2.22. The molecule has 0 saturated heterocycles. The Morgan fingerprint density at radius 2 is 2.00 bits per heavy atom. The van der Waals surface area contributed by atoms with Crippen LogP contribution in [0.4, 0.5) is 0 Å². The zero-order valence-corrected chi connectivity index (χ0v) is 14.2. The molecule has 0 radical (unpaired) electrons. The quantitative estimate of drug-likeness (QED) is 0.835. The van der Waals surface area contributed by atoms with Crippen molar-refractivity contribution in [3.63, 3.8) is 0 Å². The Balaban J connectivity index is 2.07. The van der Waals surface area contributed by atoms with Crippen molar-refractivity contribution in [2.45, 2.75) is 38.5 Å². The molecule has 2 rings (SSSR count). The van der Waals surface area contributed by atoms with Gasteiger partial charge in [-0.3, -0.25) is 4.79 Å². The molecule has 114 valence electrons. The summed E-state index contributed by atoms with van der Waals surface area (Å²) in [6, 6.07) is 9.86. The predicted octanol–water partition coefficient (Wildman–Crippen LogP) is 4.48. The summed E-state index contributed by atoms with van der Waals surface area (Å²) in [5.74, 6) is 1.44. The summed E-state index contributed by atoms with van der Waals surface area (Å²) in [7, 11) is 1.84. The third-order valence-corrected chi connectivity index (χ3v) is 4.72. The van der Waals surface area contributed by atoms with Crippen molar-refractivity contribution in [2.24, 2.45) is 0 Å². The topological polar surface area (TPSA) is 33.5 Å². The molecule has 1 aromatic heterocycles. The molecule has 1 atom stereocenters.